The molecular weight excluding hydrogens is 1350 g/mol. The van der Waals surface area contributed by atoms with E-state index in [1.807, 2.05) is 0 Å². The minimum Gasteiger partial charge on any atom is -0.462 e. The van der Waals surface area contributed by atoms with Crippen LogP contribution in [0, 0.1) is 0 Å². The van der Waals surface area contributed by atoms with Gasteiger partial charge in [-0.15, -0.1) is 0 Å². The van der Waals surface area contributed by atoms with Crippen LogP contribution >= 0.6 is 15.6 Å². The molecule has 0 aliphatic carbocycles. The fraction of sp³-hybridized carbons (Fsp3) is 0.788. The molecule has 3 N–H and O–H groups in total. The average molecular weight is 1510 g/mol. The Morgan fingerprint density at radius 1 is 0.279 bits per heavy atom. The van der Waals surface area contributed by atoms with Crippen LogP contribution in [0.1, 0.15) is 374 Å². The number of rotatable bonds is 79. The van der Waals surface area contributed by atoms with Crippen LogP contribution in [0.15, 0.2) is 85.1 Å². The van der Waals surface area contributed by atoms with Gasteiger partial charge in [0.25, 0.3) is 0 Å². The molecule has 0 fully saturated rings. The summed E-state index contributed by atoms with van der Waals surface area (Å²) in [4.78, 5) is 73.1. The number of carbonyl (C=O) groups excluding carboxylic acids is 4. The third-order valence-corrected chi connectivity index (χ3v) is 19.7. The van der Waals surface area contributed by atoms with E-state index < -0.39 is 97.5 Å². The number of allylic oxidation sites excluding steroid dienone is 14. The predicted octanol–water partition coefficient (Wildman–Crippen LogP) is 24.6. The summed E-state index contributed by atoms with van der Waals surface area (Å²) >= 11 is 0. The normalized spacial score (nSPS) is 14.3. The van der Waals surface area contributed by atoms with Crippen LogP contribution < -0.4 is 0 Å². The number of hydrogen-bond donors (Lipinski definition) is 3. The molecule has 0 aromatic carbocycles. The first kappa shape index (κ1) is 100. The molecular formula is C85H152O17P2. The van der Waals surface area contributed by atoms with Gasteiger partial charge in [0, 0.05) is 25.7 Å². The third-order valence-electron chi connectivity index (χ3n) is 17.8. The molecule has 17 nitrogen and oxygen atoms in total. The van der Waals surface area contributed by atoms with Gasteiger partial charge in [-0.05, 0) is 122 Å². The highest BCUT2D eigenvalue weighted by molar-refractivity contribution is 7.47. The van der Waals surface area contributed by atoms with Crippen LogP contribution in [0.4, 0.5) is 0 Å². The Hall–Kier alpha value is -3.76. The fourth-order valence-electron chi connectivity index (χ4n) is 11.5. The number of esters is 4. The van der Waals surface area contributed by atoms with Crippen molar-refractivity contribution < 1.29 is 80.2 Å². The highest BCUT2D eigenvalue weighted by atomic mass is 31.2. The molecule has 0 rings (SSSR count). The van der Waals surface area contributed by atoms with Crippen molar-refractivity contribution in [2.45, 2.75) is 393 Å². The third kappa shape index (κ3) is 76.4. The number of phosphoric acid groups is 2. The zero-order chi connectivity index (χ0) is 76.0. The second kappa shape index (κ2) is 77.4. The summed E-state index contributed by atoms with van der Waals surface area (Å²) in [7, 11) is -9.96. The van der Waals surface area contributed by atoms with Crippen molar-refractivity contribution in [2.24, 2.45) is 0 Å². The van der Waals surface area contributed by atoms with Crippen molar-refractivity contribution in [3.63, 3.8) is 0 Å². The Morgan fingerprint density at radius 3 is 0.798 bits per heavy atom. The minimum atomic E-state index is -4.98. The predicted molar refractivity (Wildman–Crippen MR) is 427 cm³/mol. The molecule has 0 heterocycles. The van der Waals surface area contributed by atoms with E-state index in [1.54, 1.807) is 0 Å². The average Bonchev–Trinajstić information content (AvgIpc) is 0.918. The van der Waals surface area contributed by atoms with Crippen LogP contribution in [0.3, 0.4) is 0 Å². The lowest BCUT2D eigenvalue weighted by atomic mass is 10.0. The molecule has 0 aromatic heterocycles. The highest BCUT2D eigenvalue weighted by Crippen LogP contribution is 2.45. The van der Waals surface area contributed by atoms with Crippen LogP contribution in [-0.4, -0.2) is 96.7 Å². The molecule has 0 aliphatic heterocycles. The maximum Gasteiger partial charge on any atom is 0.472 e. The minimum absolute atomic E-state index is 0.0907. The first-order valence-corrected chi connectivity index (χ1v) is 44.8. The summed E-state index contributed by atoms with van der Waals surface area (Å²) in [5.74, 6) is -2.19. The lowest BCUT2D eigenvalue weighted by Crippen LogP contribution is -2.30. The van der Waals surface area contributed by atoms with E-state index in [0.717, 1.165) is 167 Å². The van der Waals surface area contributed by atoms with Crippen molar-refractivity contribution in [3.8, 4) is 0 Å². The molecule has 19 heteroatoms. The Balaban J connectivity index is 5.37. The molecule has 0 aliphatic rings. The van der Waals surface area contributed by atoms with Gasteiger partial charge in [-0.1, -0.05) is 312 Å². The molecule has 0 radical (unpaired) electrons. The maximum atomic E-state index is 13.1. The molecule has 0 bridgehead atoms. The second-order valence-electron chi connectivity index (χ2n) is 28.0. The van der Waals surface area contributed by atoms with E-state index in [2.05, 4.69) is 113 Å². The molecule has 0 saturated heterocycles. The first-order valence-electron chi connectivity index (χ1n) is 41.8. The standard InChI is InChI=1S/C85H152O17P2/c1-5-9-13-17-21-25-29-33-37-38-39-40-44-46-50-54-58-62-66-70-83(88)96-76-81(102-85(90)72-68-64-60-56-52-48-43-36-32-28-24-20-16-12-8-4)78-100-104(93,94)98-74-79(86)73-97-103(91,92)99-77-80(101-84(89)71-67-63-59-55-51-47-42-35-31-27-23-19-15-11-7-3)75-95-82(87)69-65-61-57-53-49-45-41-34-30-26-22-18-14-10-6-2/h9,13,21,25,27,31,33-34,37,39-41,46,50,79-81,86H,5-8,10-12,14-20,22-24,26,28-30,32,35-36,38,42-45,47-49,51-78H2,1-4H3,(H,91,92)(H,93,94)/b13-9-,25-21-,31-27-,37-33-,40-39-,41-34-,50-46-/t79-,80+,81+/m0/s1. The van der Waals surface area contributed by atoms with Crippen LogP contribution in [0.5, 0.6) is 0 Å². The summed E-state index contributed by atoms with van der Waals surface area (Å²) in [6, 6.07) is 0. The number of hydrogen-bond acceptors (Lipinski definition) is 15. The largest absolute Gasteiger partial charge is 0.472 e. The lowest BCUT2D eigenvalue weighted by Gasteiger charge is -2.21. The molecule has 0 aromatic rings. The fourth-order valence-corrected chi connectivity index (χ4v) is 13.1. The van der Waals surface area contributed by atoms with Gasteiger partial charge in [-0.3, -0.25) is 37.3 Å². The zero-order valence-electron chi connectivity index (χ0n) is 66.2. The van der Waals surface area contributed by atoms with Gasteiger partial charge in [0.05, 0.1) is 26.4 Å². The van der Waals surface area contributed by atoms with Crippen LogP contribution in [0.25, 0.3) is 0 Å². The smallest absolute Gasteiger partial charge is 0.462 e. The molecule has 5 atom stereocenters. The van der Waals surface area contributed by atoms with Gasteiger partial charge in [0.15, 0.2) is 12.2 Å². The summed E-state index contributed by atoms with van der Waals surface area (Å²) in [6.45, 7) is 4.77. The number of aliphatic hydroxyl groups is 1. The van der Waals surface area contributed by atoms with Crippen molar-refractivity contribution >= 4 is 39.5 Å². The summed E-state index contributed by atoms with van der Waals surface area (Å²) in [5.41, 5.74) is 0. The monoisotopic (exact) mass is 1510 g/mol. The molecule has 104 heavy (non-hydrogen) atoms. The van der Waals surface area contributed by atoms with Gasteiger partial charge >= 0.3 is 39.5 Å². The number of ether oxygens (including phenoxy) is 4. The van der Waals surface area contributed by atoms with Gasteiger partial charge in [-0.2, -0.15) is 0 Å². The molecule has 604 valence electrons. The van der Waals surface area contributed by atoms with Gasteiger partial charge in [-0.25, -0.2) is 9.13 Å². The second-order valence-corrected chi connectivity index (χ2v) is 30.9. The van der Waals surface area contributed by atoms with Crippen LogP contribution in [-0.2, 0) is 65.4 Å². The summed E-state index contributed by atoms with van der Waals surface area (Å²) < 4.78 is 68.7. The molecule has 0 saturated carbocycles. The SMILES string of the molecule is CC/C=C\C/C=C\C/C=C\C/C=C\C/C=C\CCCCCC(=O)OC[C@H](COP(=O)(O)OC[C@@H](O)COP(=O)(O)OC[C@@H](COC(=O)CCCCCCC/C=C\CCCCCCCC)OC(=O)CCCCCCCCC/C=C\CCCCCC)OC(=O)CCCCCCCCCCCCCCCCC. The first-order chi connectivity index (χ1) is 50.7. The van der Waals surface area contributed by atoms with E-state index in [-0.39, 0.29) is 25.7 Å². The van der Waals surface area contributed by atoms with Crippen molar-refractivity contribution in [1.82, 2.24) is 0 Å². The Morgan fingerprint density at radius 2 is 0.500 bits per heavy atom. The number of aliphatic hydroxyl groups excluding tert-OH is 1. The number of carbonyl (C=O) groups is 4. The van der Waals surface area contributed by atoms with Gasteiger partial charge in [0.1, 0.15) is 19.3 Å². The summed E-state index contributed by atoms with van der Waals surface area (Å²) in [5, 5.41) is 10.7. The van der Waals surface area contributed by atoms with E-state index in [0.29, 0.717) is 25.7 Å². The van der Waals surface area contributed by atoms with Crippen molar-refractivity contribution in [1.29, 1.82) is 0 Å². The molecule has 0 spiro atoms. The van der Waals surface area contributed by atoms with E-state index in [9.17, 15) is 43.2 Å². The van der Waals surface area contributed by atoms with Crippen LogP contribution in [0.2, 0.25) is 0 Å². The van der Waals surface area contributed by atoms with Gasteiger partial charge in [0.2, 0.25) is 0 Å². The van der Waals surface area contributed by atoms with Crippen molar-refractivity contribution in [3.05, 3.63) is 85.1 Å². The number of phosphoric ester groups is 2. The zero-order valence-corrected chi connectivity index (χ0v) is 68.0. The Bertz CT molecular complexity index is 2300. The maximum absolute atomic E-state index is 13.1. The molecule has 2 unspecified atom stereocenters. The van der Waals surface area contributed by atoms with E-state index in [4.69, 9.17) is 37.0 Å². The van der Waals surface area contributed by atoms with E-state index in [1.165, 1.54) is 128 Å². The highest BCUT2D eigenvalue weighted by Gasteiger charge is 2.30. The van der Waals surface area contributed by atoms with E-state index >= 15 is 0 Å². The molecule has 0 amide bonds. The summed E-state index contributed by atoms with van der Waals surface area (Å²) in [6.07, 6.45) is 81.2. The Kier molecular flexibility index (Phi) is 74.6. The number of unbranched alkanes of at least 4 members (excludes halogenated alkanes) is 39. The van der Waals surface area contributed by atoms with Crippen molar-refractivity contribution in [2.75, 3.05) is 39.6 Å². The lowest BCUT2D eigenvalue weighted by molar-refractivity contribution is -0.161. The topological polar surface area (TPSA) is 237 Å². The Labute approximate surface area is 634 Å². The quantitative estimate of drug-likeness (QED) is 0.0169. The van der Waals surface area contributed by atoms with Gasteiger partial charge < -0.3 is 33.8 Å².